The highest BCUT2D eigenvalue weighted by molar-refractivity contribution is 7.90. The summed E-state index contributed by atoms with van der Waals surface area (Å²) in [6, 6.07) is 15.0. The molecule has 0 atom stereocenters. The first-order valence-electron chi connectivity index (χ1n) is 10.1. The van der Waals surface area contributed by atoms with Crippen LogP contribution in [0.1, 0.15) is 24.2 Å². The number of aromatic carboxylic acids is 1. The van der Waals surface area contributed by atoms with Crippen LogP contribution in [0.3, 0.4) is 0 Å². The van der Waals surface area contributed by atoms with E-state index in [0.29, 0.717) is 33.4 Å². The van der Waals surface area contributed by atoms with Crippen molar-refractivity contribution in [3.63, 3.8) is 0 Å². The van der Waals surface area contributed by atoms with Crippen molar-refractivity contribution in [3.05, 3.63) is 72.0 Å². The molecule has 0 bridgehead atoms. The Morgan fingerprint density at radius 1 is 1.00 bits per heavy atom. The topological polar surface area (TPSA) is 93.8 Å². The fraction of sp³-hybridized carbons (Fsp3) is 0.160. The first-order valence-corrected chi connectivity index (χ1v) is 12.0. The highest BCUT2D eigenvalue weighted by atomic mass is 32.2. The van der Waals surface area contributed by atoms with E-state index in [4.69, 9.17) is 9.15 Å². The normalized spacial score (nSPS) is 11.8. The lowest BCUT2D eigenvalue weighted by atomic mass is 10.0. The lowest BCUT2D eigenvalue weighted by Crippen LogP contribution is -2.07. The number of rotatable bonds is 6. The Kier molecular flexibility index (Phi) is 5.71. The highest BCUT2D eigenvalue weighted by Gasteiger charge is 2.24. The Morgan fingerprint density at radius 3 is 2.15 bits per heavy atom. The molecular formula is C25H21FO6S. The van der Waals surface area contributed by atoms with Crippen LogP contribution in [-0.4, -0.2) is 31.9 Å². The molecule has 0 radical (unpaired) electrons. The minimum atomic E-state index is -3.35. The van der Waals surface area contributed by atoms with Gasteiger partial charge in [0.05, 0.1) is 11.0 Å². The van der Waals surface area contributed by atoms with Gasteiger partial charge in [0.15, 0.2) is 9.84 Å². The van der Waals surface area contributed by atoms with Crippen molar-refractivity contribution in [1.82, 2.24) is 0 Å². The molecule has 3 aromatic carbocycles. The average Bonchev–Trinajstić information content (AvgIpc) is 3.11. The predicted octanol–water partition coefficient (Wildman–Crippen LogP) is 5.79. The van der Waals surface area contributed by atoms with Crippen LogP contribution in [0.5, 0.6) is 5.75 Å². The zero-order valence-electron chi connectivity index (χ0n) is 18.1. The van der Waals surface area contributed by atoms with Crippen LogP contribution in [0.2, 0.25) is 0 Å². The van der Waals surface area contributed by atoms with Gasteiger partial charge < -0.3 is 14.3 Å². The molecule has 0 aliphatic heterocycles. The van der Waals surface area contributed by atoms with Gasteiger partial charge in [-0.15, -0.1) is 0 Å². The zero-order valence-corrected chi connectivity index (χ0v) is 18.9. The predicted molar refractivity (Wildman–Crippen MR) is 123 cm³/mol. The van der Waals surface area contributed by atoms with Gasteiger partial charge in [-0.1, -0.05) is 12.1 Å². The molecule has 170 valence electrons. The van der Waals surface area contributed by atoms with Crippen molar-refractivity contribution >= 4 is 26.8 Å². The molecule has 33 heavy (non-hydrogen) atoms. The molecule has 0 aliphatic carbocycles. The van der Waals surface area contributed by atoms with E-state index in [1.165, 1.54) is 36.4 Å². The van der Waals surface area contributed by atoms with Crippen LogP contribution in [0.15, 0.2) is 70.0 Å². The number of furan rings is 1. The number of fused-ring (bicyclic) bond motifs is 1. The molecule has 1 heterocycles. The lowest BCUT2D eigenvalue weighted by Gasteiger charge is -2.15. The summed E-state index contributed by atoms with van der Waals surface area (Å²) in [5, 5.41) is 10.2. The summed E-state index contributed by atoms with van der Waals surface area (Å²) in [5.74, 6) is -1.09. The molecule has 0 unspecified atom stereocenters. The van der Waals surface area contributed by atoms with Crippen molar-refractivity contribution in [3.8, 4) is 28.2 Å². The quantitative estimate of drug-likeness (QED) is 0.385. The second-order valence-corrected chi connectivity index (χ2v) is 9.94. The molecule has 1 aromatic heterocycles. The van der Waals surface area contributed by atoms with Crippen molar-refractivity contribution in [1.29, 1.82) is 0 Å². The van der Waals surface area contributed by atoms with Gasteiger partial charge in [-0.05, 0) is 67.9 Å². The van der Waals surface area contributed by atoms with Gasteiger partial charge in [0.25, 0.3) is 0 Å². The monoisotopic (exact) mass is 468 g/mol. The SMILES string of the molecule is CC(C)Oc1cc2c(C(=O)O)c(-c3ccc(F)cc3)oc2cc1-c1ccc(S(C)(=O)=O)cc1. The second-order valence-electron chi connectivity index (χ2n) is 7.93. The van der Waals surface area contributed by atoms with Gasteiger partial charge in [-0.25, -0.2) is 17.6 Å². The number of ether oxygens (including phenoxy) is 1. The molecule has 6 nitrogen and oxygen atoms in total. The van der Waals surface area contributed by atoms with E-state index in [2.05, 4.69) is 0 Å². The van der Waals surface area contributed by atoms with Gasteiger partial charge in [0.2, 0.25) is 0 Å². The lowest BCUT2D eigenvalue weighted by molar-refractivity contribution is 0.0699. The maximum atomic E-state index is 13.4. The molecule has 0 amide bonds. The number of hydrogen-bond acceptors (Lipinski definition) is 5. The summed E-state index contributed by atoms with van der Waals surface area (Å²) in [6.45, 7) is 3.69. The Hall–Kier alpha value is -3.65. The molecule has 4 rings (SSSR count). The van der Waals surface area contributed by atoms with Gasteiger partial charge in [0, 0.05) is 22.8 Å². The van der Waals surface area contributed by atoms with Gasteiger partial charge in [-0.3, -0.25) is 0 Å². The Bertz CT molecular complexity index is 1450. The van der Waals surface area contributed by atoms with Crippen molar-refractivity contribution in [2.45, 2.75) is 24.8 Å². The van der Waals surface area contributed by atoms with Crippen LogP contribution in [0.4, 0.5) is 4.39 Å². The maximum absolute atomic E-state index is 13.4. The third-order valence-electron chi connectivity index (χ3n) is 5.07. The van der Waals surface area contributed by atoms with E-state index in [0.717, 1.165) is 6.26 Å². The summed E-state index contributed by atoms with van der Waals surface area (Å²) in [6.07, 6.45) is 0.933. The van der Waals surface area contributed by atoms with E-state index >= 15 is 0 Å². The van der Waals surface area contributed by atoms with E-state index in [1.54, 1.807) is 24.3 Å². The Morgan fingerprint density at radius 2 is 1.61 bits per heavy atom. The van der Waals surface area contributed by atoms with Crippen LogP contribution in [0.25, 0.3) is 33.4 Å². The minimum absolute atomic E-state index is 0.0517. The minimum Gasteiger partial charge on any atom is -0.490 e. The fourth-order valence-corrected chi connectivity index (χ4v) is 4.23. The summed E-state index contributed by atoms with van der Waals surface area (Å²) >= 11 is 0. The van der Waals surface area contributed by atoms with E-state index in [-0.39, 0.29) is 22.3 Å². The number of sulfone groups is 1. The third-order valence-corrected chi connectivity index (χ3v) is 6.20. The molecular weight excluding hydrogens is 447 g/mol. The van der Waals surface area contributed by atoms with Crippen LogP contribution in [0, 0.1) is 5.82 Å². The number of halogens is 1. The second kappa shape index (κ2) is 8.37. The molecule has 0 saturated heterocycles. The number of carboxylic acids is 1. The fourth-order valence-electron chi connectivity index (χ4n) is 3.60. The molecule has 0 saturated carbocycles. The number of carbonyl (C=O) groups is 1. The van der Waals surface area contributed by atoms with Crippen molar-refractivity contribution in [2.75, 3.05) is 6.26 Å². The smallest absolute Gasteiger partial charge is 0.340 e. The van der Waals surface area contributed by atoms with Gasteiger partial charge in [-0.2, -0.15) is 0 Å². The summed E-state index contributed by atoms with van der Waals surface area (Å²) in [7, 11) is -3.35. The summed E-state index contributed by atoms with van der Waals surface area (Å²) < 4.78 is 48.9. The molecule has 0 aliphatic rings. The molecule has 0 spiro atoms. The van der Waals surface area contributed by atoms with E-state index < -0.39 is 21.6 Å². The number of hydrogen-bond donors (Lipinski definition) is 1. The maximum Gasteiger partial charge on any atom is 0.340 e. The number of carboxylic acid groups (broad SMARTS) is 1. The molecule has 1 N–H and O–H groups in total. The first-order chi connectivity index (χ1) is 15.5. The Labute approximate surface area is 190 Å². The van der Waals surface area contributed by atoms with Gasteiger partial charge in [0.1, 0.15) is 28.5 Å². The average molecular weight is 469 g/mol. The van der Waals surface area contributed by atoms with Crippen LogP contribution >= 0.6 is 0 Å². The molecule has 8 heteroatoms. The van der Waals surface area contributed by atoms with E-state index in [9.17, 15) is 22.7 Å². The Balaban J connectivity index is 1.96. The standard InChI is InChI=1S/C25H21FO6S/c1-14(2)31-21-13-20-22(12-19(21)15-6-10-18(11-7-15)33(3,29)30)32-24(23(20)25(27)28)16-4-8-17(26)9-5-16/h4-14H,1-3H3,(H,27,28). The summed E-state index contributed by atoms with van der Waals surface area (Å²) in [4.78, 5) is 12.3. The highest BCUT2D eigenvalue weighted by Crippen LogP contribution is 2.41. The van der Waals surface area contributed by atoms with Crippen LogP contribution < -0.4 is 4.74 Å². The first kappa shape index (κ1) is 22.5. The number of benzene rings is 3. The molecule has 4 aromatic rings. The van der Waals surface area contributed by atoms with Crippen molar-refractivity contribution < 1.29 is 31.9 Å². The van der Waals surface area contributed by atoms with Crippen LogP contribution in [-0.2, 0) is 9.84 Å². The zero-order chi connectivity index (χ0) is 23.9. The third kappa shape index (κ3) is 4.47. The van der Waals surface area contributed by atoms with E-state index in [1.807, 2.05) is 13.8 Å². The molecule has 0 fully saturated rings. The van der Waals surface area contributed by atoms with Crippen molar-refractivity contribution in [2.24, 2.45) is 0 Å². The summed E-state index contributed by atoms with van der Waals surface area (Å²) in [5.41, 5.74) is 1.98. The van der Waals surface area contributed by atoms with Gasteiger partial charge >= 0.3 is 5.97 Å². The largest absolute Gasteiger partial charge is 0.490 e.